The third-order valence-electron chi connectivity index (χ3n) is 3.83. The Hall–Kier alpha value is -2.56. The van der Waals surface area contributed by atoms with Gasteiger partial charge in [0.25, 0.3) is 5.91 Å². The number of carbonyl (C=O) groups is 2. The van der Waals surface area contributed by atoms with E-state index in [0.717, 1.165) is 22.6 Å². The van der Waals surface area contributed by atoms with E-state index in [4.69, 9.17) is 4.74 Å². The fourth-order valence-corrected chi connectivity index (χ4v) is 2.49. The van der Waals surface area contributed by atoms with Crippen molar-refractivity contribution >= 4 is 11.9 Å². The van der Waals surface area contributed by atoms with Crippen LogP contribution in [0.2, 0.25) is 0 Å². The molecule has 0 N–H and O–H groups in total. The SMILES string of the molecule is Cc1ccccc1-n1c(C)cc(C(=O)OCC(=O)N(C)C)c1C. The third kappa shape index (κ3) is 3.44. The van der Waals surface area contributed by atoms with E-state index in [-0.39, 0.29) is 12.5 Å². The summed E-state index contributed by atoms with van der Waals surface area (Å²) in [5.41, 5.74) is 4.39. The van der Waals surface area contributed by atoms with Crippen LogP contribution in [-0.4, -0.2) is 42.0 Å². The number of hydrogen-bond donors (Lipinski definition) is 0. The van der Waals surface area contributed by atoms with Gasteiger partial charge in [-0.1, -0.05) is 18.2 Å². The largest absolute Gasteiger partial charge is 0.452 e. The van der Waals surface area contributed by atoms with Crippen molar-refractivity contribution in [3.05, 3.63) is 52.8 Å². The summed E-state index contributed by atoms with van der Waals surface area (Å²) in [7, 11) is 3.25. The average molecular weight is 314 g/mol. The zero-order valence-electron chi connectivity index (χ0n) is 14.2. The zero-order chi connectivity index (χ0) is 17.1. The van der Waals surface area contributed by atoms with Gasteiger partial charge in [0.15, 0.2) is 6.61 Å². The smallest absolute Gasteiger partial charge is 0.340 e. The van der Waals surface area contributed by atoms with E-state index in [1.165, 1.54) is 4.90 Å². The van der Waals surface area contributed by atoms with E-state index in [1.807, 2.05) is 49.6 Å². The molecule has 1 aromatic heterocycles. The van der Waals surface area contributed by atoms with E-state index in [9.17, 15) is 9.59 Å². The van der Waals surface area contributed by atoms with Gasteiger partial charge in [0.1, 0.15) is 0 Å². The molecule has 1 heterocycles. The summed E-state index contributed by atoms with van der Waals surface area (Å²) in [6.07, 6.45) is 0. The molecule has 5 nitrogen and oxygen atoms in total. The normalized spacial score (nSPS) is 10.5. The Morgan fingerprint density at radius 2 is 1.78 bits per heavy atom. The van der Waals surface area contributed by atoms with Gasteiger partial charge in [0, 0.05) is 31.2 Å². The second-order valence-corrected chi connectivity index (χ2v) is 5.77. The van der Waals surface area contributed by atoms with E-state index < -0.39 is 5.97 Å². The number of aryl methyl sites for hydroxylation is 2. The zero-order valence-corrected chi connectivity index (χ0v) is 14.2. The summed E-state index contributed by atoms with van der Waals surface area (Å²) in [6, 6.07) is 9.79. The van der Waals surface area contributed by atoms with Crippen molar-refractivity contribution in [2.75, 3.05) is 20.7 Å². The van der Waals surface area contributed by atoms with Crippen LogP contribution in [0.15, 0.2) is 30.3 Å². The first-order valence-electron chi connectivity index (χ1n) is 7.45. The monoisotopic (exact) mass is 314 g/mol. The Kier molecular flexibility index (Phi) is 4.89. The summed E-state index contributed by atoms with van der Waals surface area (Å²) in [6.45, 7) is 5.60. The fourth-order valence-electron chi connectivity index (χ4n) is 2.49. The highest BCUT2D eigenvalue weighted by Gasteiger charge is 2.19. The van der Waals surface area contributed by atoms with Crippen LogP contribution >= 0.6 is 0 Å². The maximum absolute atomic E-state index is 12.3. The number of hydrogen-bond acceptors (Lipinski definition) is 3. The van der Waals surface area contributed by atoms with Gasteiger partial charge in [0.05, 0.1) is 5.56 Å². The van der Waals surface area contributed by atoms with Crippen molar-refractivity contribution < 1.29 is 14.3 Å². The maximum Gasteiger partial charge on any atom is 0.340 e. The number of ether oxygens (including phenoxy) is 1. The number of amides is 1. The molecule has 0 aliphatic heterocycles. The summed E-state index contributed by atoms with van der Waals surface area (Å²) >= 11 is 0. The Balaban J connectivity index is 2.29. The van der Waals surface area contributed by atoms with Gasteiger partial charge in [-0.05, 0) is 38.5 Å². The molecule has 1 amide bonds. The molecule has 0 unspecified atom stereocenters. The first-order valence-corrected chi connectivity index (χ1v) is 7.45. The number of rotatable bonds is 4. The quantitative estimate of drug-likeness (QED) is 0.815. The van der Waals surface area contributed by atoms with E-state index in [2.05, 4.69) is 0 Å². The minimum absolute atomic E-state index is 0.244. The average Bonchev–Trinajstić information content (AvgIpc) is 2.80. The summed E-state index contributed by atoms with van der Waals surface area (Å²) in [4.78, 5) is 25.2. The molecule has 2 rings (SSSR count). The van der Waals surface area contributed by atoms with Crippen LogP contribution < -0.4 is 0 Å². The highest BCUT2D eigenvalue weighted by molar-refractivity contribution is 5.93. The number of nitrogens with zero attached hydrogens (tertiary/aromatic N) is 2. The number of likely N-dealkylation sites (N-methyl/N-ethyl adjacent to an activating group) is 1. The topological polar surface area (TPSA) is 51.5 Å². The highest BCUT2D eigenvalue weighted by atomic mass is 16.5. The van der Waals surface area contributed by atoms with Crippen LogP contribution in [0, 0.1) is 20.8 Å². The fraction of sp³-hybridized carbons (Fsp3) is 0.333. The number of esters is 1. The molecule has 0 saturated heterocycles. The van der Waals surface area contributed by atoms with Crippen molar-refractivity contribution in [2.24, 2.45) is 0 Å². The van der Waals surface area contributed by atoms with Gasteiger partial charge in [-0.25, -0.2) is 4.79 Å². The number of carbonyl (C=O) groups excluding carboxylic acids is 2. The summed E-state index contributed by atoms with van der Waals surface area (Å²) in [5.74, 6) is -0.723. The van der Waals surface area contributed by atoms with E-state index in [1.54, 1.807) is 20.2 Å². The number of para-hydroxylation sites is 1. The highest BCUT2D eigenvalue weighted by Crippen LogP contribution is 2.23. The van der Waals surface area contributed by atoms with Crippen molar-refractivity contribution in [1.29, 1.82) is 0 Å². The third-order valence-corrected chi connectivity index (χ3v) is 3.83. The lowest BCUT2D eigenvalue weighted by molar-refractivity contribution is -0.131. The van der Waals surface area contributed by atoms with Crippen LogP contribution in [0.25, 0.3) is 5.69 Å². The van der Waals surface area contributed by atoms with Gasteiger partial charge >= 0.3 is 5.97 Å². The van der Waals surface area contributed by atoms with Crippen molar-refractivity contribution in [1.82, 2.24) is 9.47 Å². The molecule has 0 atom stereocenters. The molecule has 2 aromatic rings. The summed E-state index contributed by atoms with van der Waals surface area (Å²) < 4.78 is 7.15. The van der Waals surface area contributed by atoms with Crippen LogP contribution in [-0.2, 0) is 9.53 Å². The minimum atomic E-state index is -0.479. The van der Waals surface area contributed by atoms with Crippen LogP contribution in [0.5, 0.6) is 0 Å². The van der Waals surface area contributed by atoms with Crippen LogP contribution in [0.1, 0.15) is 27.3 Å². The predicted octanol–water partition coefficient (Wildman–Crippen LogP) is 2.65. The number of benzene rings is 1. The molecule has 0 saturated carbocycles. The lowest BCUT2D eigenvalue weighted by Crippen LogP contribution is -2.27. The second-order valence-electron chi connectivity index (χ2n) is 5.77. The predicted molar refractivity (Wildman–Crippen MR) is 89.0 cm³/mol. The lowest BCUT2D eigenvalue weighted by atomic mass is 10.2. The molecule has 0 aliphatic carbocycles. The molecular formula is C18H22N2O3. The Morgan fingerprint density at radius 1 is 1.13 bits per heavy atom. The molecule has 5 heteroatoms. The van der Waals surface area contributed by atoms with Gasteiger partial charge in [-0.15, -0.1) is 0 Å². The van der Waals surface area contributed by atoms with Crippen molar-refractivity contribution in [2.45, 2.75) is 20.8 Å². The first-order chi connectivity index (χ1) is 10.8. The molecule has 0 aliphatic rings. The van der Waals surface area contributed by atoms with Crippen molar-refractivity contribution in [3.8, 4) is 5.69 Å². The minimum Gasteiger partial charge on any atom is -0.452 e. The molecule has 1 aromatic carbocycles. The standard InChI is InChI=1S/C18H22N2O3/c1-12-8-6-7-9-16(12)20-13(2)10-15(14(20)3)18(22)23-11-17(21)19(4)5/h6-10H,11H2,1-5H3. The second kappa shape index (κ2) is 6.69. The molecule has 0 radical (unpaired) electrons. The Morgan fingerprint density at radius 3 is 2.39 bits per heavy atom. The summed E-state index contributed by atoms with van der Waals surface area (Å²) in [5, 5.41) is 0. The number of aromatic nitrogens is 1. The Bertz CT molecular complexity index is 745. The lowest BCUT2D eigenvalue weighted by Gasteiger charge is -2.13. The van der Waals surface area contributed by atoms with Crippen LogP contribution in [0.3, 0.4) is 0 Å². The van der Waals surface area contributed by atoms with Gasteiger partial charge < -0.3 is 14.2 Å². The van der Waals surface area contributed by atoms with Gasteiger partial charge in [0.2, 0.25) is 0 Å². The van der Waals surface area contributed by atoms with Gasteiger partial charge in [-0.3, -0.25) is 4.79 Å². The van der Waals surface area contributed by atoms with Crippen molar-refractivity contribution in [3.63, 3.8) is 0 Å². The molecule has 0 fully saturated rings. The molecule has 23 heavy (non-hydrogen) atoms. The molecule has 0 bridgehead atoms. The molecule has 0 spiro atoms. The molecular weight excluding hydrogens is 292 g/mol. The molecule has 122 valence electrons. The maximum atomic E-state index is 12.3. The first kappa shape index (κ1) is 16.8. The van der Waals surface area contributed by atoms with E-state index >= 15 is 0 Å². The van der Waals surface area contributed by atoms with Gasteiger partial charge in [-0.2, -0.15) is 0 Å². The van der Waals surface area contributed by atoms with E-state index in [0.29, 0.717) is 5.56 Å². The van der Waals surface area contributed by atoms with Crippen LogP contribution in [0.4, 0.5) is 0 Å². The Labute approximate surface area is 136 Å².